The Labute approximate surface area is 118 Å². The summed E-state index contributed by atoms with van der Waals surface area (Å²) >= 11 is 0. The summed E-state index contributed by atoms with van der Waals surface area (Å²) in [5, 5.41) is 0. The number of anilines is 1. The third-order valence-corrected chi connectivity index (χ3v) is 3.22. The van der Waals surface area contributed by atoms with Crippen LogP contribution in [-0.2, 0) is 9.59 Å². The summed E-state index contributed by atoms with van der Waals surface area (Å²) in [6.45, 7) is 2.73. The lowest BCUT2D eigenvalue weighted by Gasteiger charge is -2.29. The predicted molar refractivity (Wildman–Crippen MR) is 74.6 cm³/mol. The van der Waals surface area contributed by atoms with Gasteiger partial charge in [0.05, 0.1) is 0 Å². The molecule has 6 nitrogen and oxygen atoms in total. The molecule has 1 aliphatic heterocycles. The first-order valence-corrected chi connectivity index (χ1v) is 6.75. The number of carbonyl (C=O) groups excluding carboxylic acids is 2. The maximum atomic E-state index is 12.1. The summed E-state index contributed by atoms with van der Waals surface area (Å²) in [6.07, 6.45) is 3.56. The van der Waals surface area contributed by atoms with E-state index in [2.05, 4.69) is 11.9 Å². The Hall–Kier alpha value is -2.11. The first-order chi connectivity index (χ1) is 9.63. The average molecular weight is 277 g/mol. The lowest BCUT2D eigenvalue weighted by Crippen LogP contribution is -2.46. The third-order valence-electron chi connectivity index (χ3n) is 3.22. The molecule has 2 heterocycles. The van der Waals surface area contributed by atoms with Crippen molar-refractivity contribution < 1.29 is 14.3 Å². The molecule has 0 saturated heterocycles. The highest BCUT2D eigenvalue weighted by Gasteiger charge is 2.29. The van der Waals surface area contributed by atoms with Gasteiger partial charge in [0.2, 0.25) is 5.91 Å². The molecule has 2 rings (SSSR count). The fraction of sp³-hybridized carbons (Fsp3) is 0.500. The van der Waals surface area contributed by atoms with E-state index in [1.54, 1.807) is 30.3 Å². The first kappa shape index (κ1) is 14.3. The Balaban J connectivity index is 2.08. The van der Waals surface area contributed by atoms with E-state index in [1.165, 1.54) is 4.90 Å². The molecule has 0 unspecified atom stereocenters. The highest BCUT2D eigenvalue weighted by Crippen LogP contribution is 2.28. The van der Waals surface area contributed by atoms with Crippen LogP contribution < -0.4 is 9.64 Å². The van der Waals surface area contributed by atoms with Crippen LogP contribution in [0.15, 0.2) is 18.3 Å². The zero-order valence-corrected chi connectivity index (χ0v) is 11.8. The topological polar surface area (TPSA) is 62.7 Å². The fourth-order valence-electron chi connectivity index (χ4n) is 1.97. The van der Waals surface area contributed by atoms with Crippen molar-refractivity contribution in [3.63, 3.8) is 0 Å². The lowest BCUT2D eigenvalue weighted by atomic mass is 10.3. The largest absolute Gasteiger partial charge is 0.480 e. The zero-order valence-electron chi connectivity index (χ0n) is 11.8. The molecule has 1 aliphatic rings. The van der Waals surface area contributed by atoms with Gasteiger partial charge in [-0.25, -0.2) is 4.98 Å². The number of carbonyl (C=O) groups is 2. The van der Waals surface area contributed by atoms with Crippen LogP contribution in [0.3, 0.4) is 0 Å². The lowest BCUT2D eigenvalue weighted by molar-refractivity contribution is -0.131. The normalized spacial score (nSPS) is 13.7. The van der Waals surface area contributed by atoms with Crippen LogP contribution in [0, 0.1) is 0 Å². The van der Waals surface area contributed by atoms with Gasteiger partial charge in [-0.2, -0.15) is 0 Å². The van der Waals surface area contributed by atoms with E-state index < -0.39 is 0 Å². The second-order valence-corrected chi connectivity index (χ2v) is 4.76. The smallest absolute Gasteiger partial charge is 0.266 e. The predicted octanol–water partition coefficient (Wildman–Crippen LogP) is 1.07. The van der Waals surface area contributed by atoms with Crippen molar-refractivity contribution in [3.05, 3.63) is 18.3 Å². The fourth-order valence-corrected chi connectivity index (χ4v) is 1.97. The Morgan fingerprint density at radius 2 is 2.35 bits per heavy atom. The SMILES string of the molecule is CCCCN(C)C(=O)CN1C(=O)COc2cccnc21. The number of fused-ring (bicyclic) bond motifs is 1. The van der Waals surface area contributed by atoms with Gasteiger partial charge in [0.15, 0.2) is 18.2 Å². The minimum atomic E-state index is -0.242. The van der Waals surface area contributed by atoms with Gasteiger partial charge in [-0.3, -0.25) is 14.5 Å². The van der Waals surface area contributed by atoms with E-state index in [4.69, 9.17) is 4.74 Å². The van der Waals surface area contributed by atoms with E-state index in [1.807, 2.05) is 0 Å². The number of likely N-dealkylation sites (N-methyl/N-ethyl adjacent to an activating group) is 1. The molecule has 1 aromatic rings. The van der Waals surface area contributed by atoms with Crippen LogP contribution in [0.25, 0.3) is 0 Å². The number of hydrogen-bond acceptors (Lipinski definition) is 4. The van der Waals surface area contributed by atoms with Crippen molar-refractivity contribution in [2.24, 2.45) is 0 Å². The molecular weight excluding hydrogens is 258 g/mol. The van der Waals surface area contributed by atoms with Gasteiger partial charge in [-0.05, 0) is 18.6 Å². The number of pyridine rings is 1. The van der Waals surface area contributed by atoms with E-state index >= 15 is 0 Å². The Morgan fingerprint density at radius 1 is 1.55 bits per heavy atom. The number of nitrogens with zero attached hydrogens (tertiary/aromatic N) is 3. The molecule has 20 heavy (non-hydrogen) atoms. The highest BCUT2D eigenvalue weighted by molar-refractivity contribution is 6.01. The van der Waals surface area contributed by atoms with Crippen molar-refractivity contribution in [2.75, 3.05) is 31.6 Å². The Morgan fingerprint density at radius 3 is 3.10 bits per heavy atom. The molecule has 0 aliphatic carbocycles. The second-order valence-electron chi connectivity index (χ2n) is 4.76. The molecule has 0 spiro atoms. The molecule has 6 heteroatoms. The molecule has 0 N–H and O–H groups in total. The van der Waals surface area contributed by atoms with E-state index in [9.17, 15) is 9.59 Å². The van der Waals surface area contributed by atoms with Crippen LogP contribution in [0.5, 0.6) is 5.75 Å². The van der Waals surface area contributed by atoms with Gasteiger partial charge in [0, 0.05) is 19.8 Å². The van der Waals surface area contributed by atoms with Crippen LogP contribution in [0.4, 0.5) is 5.82 Å². The van der Waals surface area contributed by atoms with Crippen molar-refractivity contribution in [1.29, 1.82) is 0 Å². The third kappa shape index (κ3) is 3.07. The van der Waals surface area contributed by atoms with Gasteiger partial charge >= 0.3 is 0 Å². The summed E-state index contributed by atoms with van der Waals surface area (Å²) in [7, 11) is 1.75. The summed E-state index contributed by atoms with van der Waals surface area (Å²) < 4.78 is 5.29. The minimum absolute atomic E-state index is 0.00637. The zero-order chi connectivity index (χ0) is 14.5. The number of amides is 2. The molecule has 1 aromatic heterocycles. The van der Waals surface area contributed by atoms with Crippen LogP contribution in [-0.4, -0.2) is 48.4 Å². The summed E-state index contributed by atoms with van der Waals surface area (Å²) in [6, 6.07) is 3.48. The van der Waals surface area contributed by atoms with Crippen molar-refractivity contribution in [2.45, 2.75) is 19.8 Å². The van der Waals surface area contributed by atoms with Crippen LogP contribution >= 0.6 is 0 Å². The number of rotatable bonds is 5. The second kappa shape index (κ2) is 6.36. The molecular formula is C14H19N3O3. The standard InChI is InChI=1S/C14H19N3O3/c1-3-4-8-16(2)12(18)9-17-13(19)10-20-11-6-5-7-15-14(11)17/h5-7H,3-4,8-10H2,1-2H3. The minimum Gasteiger partial charge on any atom is -0.480 e. The molecule has 0 radical (unpaired) electrons. The summed E-state index contributed by atoms with van der Waals surface area (Å²) in [4.78, 5) is 31.2. The van der Waals surface area contributed by atoms with Crippen LogP contribution in [0.1, 0.15) is 19.8 Å². The molecule has 0 aromatic carbocycles. The molecule has 108 valence electrons. The van der Waals surface area contributed by atoms with E-state index in [0.717, 1.165) is 12.8 Å². The maximum Gasteiger partial charge on any atom is 0.266 e. The number of hydrogen-bond donors (Lipinski definition) is 0. The van der Waals surface area contributed by atoms with Crippen molar-refractivity contribution in [3.8, 4) is 5.75 Å². The number of unbranched alkanes of at least 4 members (excludes halogenated alkanes) is 1. The van der Waals surface area contributed by atoms with Gasteiger partial charge in [0.25, 0.3) is 5.91 Å². The summed E-state index contributed by atoms with van der Waals surface area (Å²) in [5.41, 5.74) is 0. The van der Waals surface area contributed by atoms with E-state index in [-0.39, 0.29) is 25.0 Å². The Bertz CT molecular complexity index is 504. The number of aromatic nitrogens is 1. The van der Waals surface area contributed by atoms with Gasteiger partial charge < -0.3 is 9.64 Å². The van der Waals surface area contributed by atoms with Crippen LogP contribution in [0.2, 0.25) is 0 Å². The van der Waals surface area contributed by atoms with Crippen molar-refractivity contribution in [1.82, 2.24) is 9.88 Å². The summed E-state index contributed by atoms with van der Waals surface area (Å²) in [5.74, 6) is 0.621. The van der Waals surface area contributed by atoms with Crippen molar-refractivity contribution >= 4 is 17.6 Å². The maximum absolute atomic E-state index is 12.1. The van der Waals surface area contributed by atoms with Gasteiger partial charge in [0.1, 0.15) is 6.54 Å². The molecule has 2 amide bonds. The molecule has 0 saturated carbocycles. The van der Waals surface area contributed by atoms with Gasteiger partial charge in [-0.1, -0.05) is 13.3 Å². The highest BCUT2D eigenvalue weighted by atomic mass is 16.5. The van der Waals surface area contributed by atoms with Gasteiger partial charge in [-0.15, -0.1) is 0 Å². The number of ether oxygens (including phenoxy) is 1. The Kier molecular flexibility index (Phi) is 4.55. The quantitative estimate of drug-likeness (QED) is 0.807. The monoisotopic (exact) mass is 277 g/mol. The average Bonchev–Trinajstić information content (AvgIpc) is 2.47. The molecule has 0 bridgehead atoms. The van der Waals surface area contributed by atoms with E-state index in [0.29, 0.717) is 18.1 Å². The first-order valence-electron chi connectivity index (χ1n) is 6.75. The molecule has 0 atom stereocenters. The molecule has 0 fully saturated rings.